The number of amides is 2. The van der Waals surface area contributed by atoms with E-state index < -0.39 is 11.8 Å². The van der Waals surface area contributed by atoms with Crippen LogP contribution in [0.15, 0.2) is 60.3 Å². The summed E-state index contributed by atoms with van der Waals surface area (Å²) >= 11 is 10.9. The molecule has 1 saturated heterocycles. The minimum absolute atomic E-state index is 0.0446. The molecule has 0 spiro atoms. The fourth-order valence-electron chi connectivity index (χ4n) is 2.99. The molecule has 8 heteroatoms. The number of thiocarbonyl (C=S) groups is 1. The van der Waals surface area contributed by atoms with Crippen molar-refractivity contribution < 1.29 is 14.4 Å². The van der Waals surface area contributed by atoms with Crippen LogP contribution in [0.3, 0.4) is 0 Å². The number of carbonyl (C=O) groups excluding carboxylic acids is 3. The first kappa shape index (κ1) is 18.1. The van der Waals surface area contributed by atoms with Crippen LogP contribution in [-0.2, 0) is 9.59 Å². The Morgan fingerprint density at radius 2 is 1.71 bits per heavy atom. The normalized spacial score (nSPS) is 14.0. The first-order valence-corrected chi connectivity index (χ1v) is 9.01. The topological polar surface area (TPSA) is 80.2 Å². The number of hydrogen-bond acceptors (Lipinski definition) is 4. The third-order valence-corrected chi connectivity index (χ3v) is 4.72. The molecule has 3 aromatic rings. The Labute approximate surface area is 169 Å². The summed E-state index contributed by atoms with van der Waals surface area (Å²) in [5.41, 5.74) is 1.51. The smallest absolute Gasteiger partial charge is 0.263 e. The molecule has 2 aromatic carbocycles. The monoisotopic (exact) mass is 409 g/mol. The van der Waals surface area contributed by atoms with Gasteiger partial charge in [0.2, 0.25) is 0 Å². The molecule has 1 aliphatic rings. The molecule has 1 aromatic heterocycles. The first-order valence-electron chi connectivity index (χ1n) is 8.23. The van der Waals surface area contributed by atoms with Crippen molar-refractivity contribution in [3.8, 4) is 0 Å². The number of carbonyl (C=O) groups is 3. The Bertz CT molecular complexity index is 1180. The summed E-state index contributed by atoms with van der Waals surface area (Å²) in [4.78, 5) is 37.3. The molecule has 0 radical (unpaired) electrons. The van der Waals surface area contributed by atoms with Gasteiger partial charge in [-0.3, -0.25) is 29.6 Å². The summed E-state index contributed by atoms with van der Waals surface area (Å²) in [7, 11) is 0. The molecule has 2 amide bonds. The van der Waals surface area contributed by atoms with Crippen molar-refractivity contribution in [2.75, 3.05) is 0 Å². The number of fused-ring (bicyclic) bond motifs is 1. The van der Waals surface area contributed by atoms with Crippen molar-refractivity contribution in [3.63, 3.8) is 0 Å². The van der Waals surface area contributed by atoms with Crippen molar-refractivity contribution in [3.05, 3.63) is 76.5 Å². The fourth-order valence-corrected chi connectivity index (χ4v) is 3.35. The van der Waals surface area contributed by atoms with Gasteiger partial charge in [-0.15, -0.1) is 0 Å². The summed E-state index contributed by atoms with van der Waals surface area (Å²) in [5, 5.41) is 5.84. The molecule has 0 bridgehead atoms. The highest BCUT2D eigenvalue weighted by molar-refractivity contribution is 7.80. The number of benzene rings is 2. The summed E-state index contributed by atoms with van der Waals surface area (Å²) in [6.45, 7) is 0. The van der Waals surface area contributed by atoms with Gasteiger partial charge in [-0.05, 0) is 48.6 Å². The lowest BCUT2D eigenvalue weighted by Crippen LogP contribution is -2.51. The maximum absolute atomic E-state index is 13.0. The largest absolute Gasteiger partial charge is 0.299 e. The van der Waals surface area contributed by atoms with Gasteiger partial charge in [0, 0.05) is 27.7 Å². The number of nitrogens with one attached hydrogen (secondary N) is 2. The maximum Gasteiger partial charge on any atom is 0.263 e. The van der Waals surface area contributed by atoms with Crippen LogP contribution < -0.4 is 10.6 Å². The molecular formula is C20H12ClN3O3S. The van der Waals surface area contributed by atoms with Gasteiger partial charge >= 0.3 is 0 Å². The first-order chi connectivity index (χ1) is 13.4. The highest BCUT2D eigenvalue weighted by Gasteiger charge is 2.26. The fraction of sp³-hybridized carbons (Fsp3) is 0. The lowest BCUT2D eigenvalue weighted by Gasteiger charge is -2.16. The van der Waals surface area contributed by atoms with E-state index in [1.807, 2.05) is 6.07 Å². The summed E-state index contributed by atoms with van der Waals surface area (Å²) in [5.74, 6) is -1.45. The van der Waals surface area contributed by atoms with Gasteiger partial charge in [0.1, 0.15) is 5.57 Å². The van der Waals surface area contributed by atoms with Crippen LogP contribution in [0.1, 0.15) is 15.9 Å². The van der Waals surface area contributed by atoms with E-state index in [0.717, 1.165) is 0 Å². The van der Waals surface area contributed by atoms with Gasteiger partial charge in [-0.2, -0.15) is 0 Å². The number of halogens is 1. The minimum Gasteiger partial charge on any atom is -0.299 e. The summed E-state index contributed by atoms with van der Waals surface area (Å²) < 4.78 is 1.47. The summed E-state index contributed by atoms with van der Waals surface area (Å²) in [6, 6.07) is 13.9. The third-order valence-electron chi connectivity index (χ3n) is 4.28. The molecule has 28 heavy (non-hydrogen) atoms. The Morgan fingerprint density at radius 3 is 2.39 bits per heavy atom. The van der Waals surface area contributed by atoms with Crippen molar-refractivity contribution in [1.82, 2.24) is 15.2 Å². The van der Waals surface area contributed by atoms with Crippen LogP contribution >= 0.6 is 23.8 Å². The molecule has 0 unspecified atom stereocenters. The highest BCUT2D eigenvalue weighted by Crippen LogP contribution is 2.28. The van der Waals surface area contributed by atoms with Crippen LogP contribution in [0.2, 0.25) is 5.02 Å². The molecule has 0 aliphatic carbocycles. The van der Waals surface area contributed by atoms with Crippen LogP contribution in [0.4, 0.5) is 0 Å². The van der Waals surface area contributed by atoms with E-state index >= 15 is 0 Å². The van der Waals surface area contributed by atoms with Crippen LogP contribution in [0.25, 0.3) is 17.0 Å². The molecule has 2 N–H and O–H groups in total. The second kappa shape index (κ2) is 7.03. The quantitative estimate of drug-likeness (QED) is 0.387. The number of rotatable bonds is 2. The zero-order valence-electron chi connectivity index (χ0n) is 14.2. The average molecular weight is 410 g/mol. The Kier molecular flexibility index (Phi) is 4.54. The SMILES string of the molecule is O=C1NC(=S)NC(=O)C1=Cc1cn(C(=O)c2ccccc2)c2ccc(Cl)cc12. The molecule has 0 saturated carbocycles. The summed E-state index contributed by atoms with van der Waals surface area (Å²) in [6.07, 6.45) is 3.00. The van der Waals surface area contributed by atoms with Crippen LogP contribution in [0.5, 0.6) is 0 Å². The molecule has 2 heterocycles. The van der Waals surface area contributed by atoms with E-state index in [0.29, 0.717) is 27.1 Å². The number of hydrogen-bond donors (Lipinski definition) is 2. The van der Waals surface area contributed by atoms with Crippen molar-refractivity contribution in [2.24, 2.45) is 0 Å². The van der Waals surface area contributed by atoms with Gasteiger partial charge in [0.05, 0.1) is 5.52 Å². The van der Waals surface area contributed by atoms with Gasteiger partial charge < -0.3 is 0 Å². The molecule has 1 fully saturated rings. The van der Waals surface area contributed by atoms with E-state index in [4.69, 9.17) is 23.8 Å². The molecule has 6 nitrogen and oxygen atoms in total. The lowest BCUT2D eigenvalue weighted by molar-refractivity contribution is -0.123. The Hall–Kier alpha value is -3.29. The van der Waals surface area contributed by atoms with Crippen molar-refractivity contribution in [2.45, 2.75) is 0 Å². The number of aromatic nitrogens is 1. The molecule has 0 atom stereocenters. The van der Waals surface area contributed by atoms with E-state index in [1.54, 1.807) is 48.7 Å². The second-order valence-corrected chi connectivity index (χ2v) is 6.93. The zero-order valence-corrected chi connectivity index (χ0v) is 15.8. The van der Waals surface area contributed by atoms with E-state index in [9.17, 15) is 14.4 Å². The molecule has 1 aliphatic heterocycles. The van der Waals surface area contributed by atoms with Gasteiger partial charge in [-0.25, -0.2) is 0 Å². The average Bonchev–Trinajstić information content (AvgIpc) is 3.02. The standard InChI is InChI=1S/C20H12ClN3O3S/c21-13-6-7-16-14(9-13)12(8-15-17(25)22-20(28)23-18(15)26)10-24(16)19(27)11-4-2-1-3-5-11/h1-10H,(H2,22,23,25,26,28). The van der Waals surface area contributed by atoms with Gasteiger partial charge in [0.15, 0.2) is 5.11 Å². The van der Waals surface area contributed by atoms with Crippen molar-refractivity contribution in [1.29, 1.82) is 0 Å². The number of nitrogens with zero attached hydrogens (tertiary/aromatic N) is 1. The Balaban J connectivity index is 1.88. The third kappa shape index (κ3) is 3.21. The minimum atomic E-state index is -0.605. The maximum atomic E-state index is 13.0. The van der Waals surface area contributed by atoms with Crippen LogP contribution in [0, 0.1) is 0 Å². The highest BCUT2D eigenvalue weighted by atomic mass is 35.5. The lowest BCUT2D eigenvalue weighted by atomic mass is 10.1. The van der Waals surface area contributed by atoms with E-state index in [1.165, 1.54) is 10.6 Å². The van der Waals surface area contributed by atoms with E-state index in [-0.39, 0.29) is 16.6 Å². The zero-order chi connectivity index (χ0) is 19.8. The molecular weight excluding hydrogens is 398 g/mol. The predicted octanol–water partition coefficient (Wildman–Crippen LogP) is 2.90. The van der Waals surface area contributed by atoms with Gasteiger partial charge in [-0.1, -0.05) is 29.8 Å². The molecule has 138 valence electrons. The Morgan fingerprint density at radius 1 is 1.04 bits per heavy atom. The second-order valence-electron chi connectivity index (χ2n) is 6.08. The molecule has 4 rings (SSSR count). The predicted molar refractivity (Wildman–Crippen MR) is 110 cm³/mol. The van der Waals surface area contributed by atoms with Crippen molar-refractivity contribution >= 4 is 63.6 Å². The van der Waals surface area contributed by atoms with E-state index in [2.05, 4.69) is 10.6 Å². The van der Waals surface area contributed by atoms with Gasteiger partial charge in [0.25, 0.3) is 17.7 Å². The van der Waals surface area contributed by atoms with Crippen LogP contribution in [-0.4, -0.2) is 27.4 Å².